The van der Waals surface area contributed by atoms with E-state index in [1.54, 1.807) is 13.0 Å². The maximum Gasteiger partial charge on any atom is 0.152 e. The van der Waals surface area contributed by atoms with E-state index in [1.807, 2.05) is 6.92 Å². The van der Waals surface area contributed by atoms with Crippen LogP contribution in [-0.4, -0.2) is 12.3 Å². The van der Waals surface area contributed by atoms with Crippen LogP contribution in [-0.2, 0) is 4.79 Å². The van der Waals surface area contributed by atoms with E-state index in [9.17, 15) is 4.79 Å². The number of ketones is 1. The summed E-state index contributed by atoms with van der Waals surface area (Å²) in [6, 6.07) is 0. The van der Waals surface area contributed by atoms with E-state index in [0.717, 1.165) is 12.0 Å². The van der Waals surface area contributed by atoms with Gasteiger partial charge in [-0.25, -0.2) is 0 Å². The summed E-state index contributed by atoms with van der Waals surface area (Å²) in [5.74, 6) is 0.0981. The van der Waals surface area contributed by atoms with Gasteiger partial charge in [0.05, 0.1) is 0 Å². The lowest BCUT2D eigenvalue weighted by Gasteiger charge is -1.93. The molecule has 0 unspecified atom stereocenters. The van der Waals surface area contributed by atoms with Crippen molar-refractivity contribution in [1.29, 1.82) is 0 Å². The minimum atomic E-state index is 0.0981. The SMILES string of the molecule is CC(=O)/C=C(/C)CCN. The zero-order valence-corrected chi connectivity index (χ0v) is 5.98. The zero-order valence-electron chi connectivity index (χ0n) is 5.98. The number of hydrogen-bond acceptors (Lipinski definition) is 2. The molecule has 0 heterocycles. The Labute approximate surface area is 55.7 Å². The van der Waals surface area contributed by atoms with E-state index < -0.39 is 0 Å². The summed E-state index contributed by atoms with van der Waals surface area (Å²) < 4.78 is 0. The van der Waals surface area contributed by atoms with Crippen LogP contribution in [0.15, 0.2) is 11.6 Å². The van der Waals surface area contributed by atoms with E-state index in [4.69, 9.17) is 5.73 Å². The van der Waals surface area contributed by atoms with Crippen LogP contribution < -0.4 is 5.73 Å². The summed E-state index contributed by atoms with van der Waals surface area (Å²) in [5, 5.41) is 0. The number of nitrogens with two attached hydrogens (primary N) is 1. The fourth-order valence-corrected chi connectivity index (χ4v) is 0.647. The Morgan fingerprint density at radius 2 is 2.11 bits per heavy atom. The highest BCUT2D eigenvalue weighted by Crippen LogP contribution is 1.96. The van der Waals surface area contributed by atoms with Crippen LogP contribution >= 0.6 is 0 Å². The minimum absolute atomic E-state index is 0.0981. The van der Waals surface area contributed by atoms with Crippen molar-refractivity contribution < 1.29 is 4.79 Å². The quantitative estimate of drug-likeness (QED) is 0.572. The van der Waals surface area contributed by atoms with Gasteiger partial charge < -0.3 is 5.73 Å². The van der Waals surface area contributed by atoms with E-state index in [1.165, 1.54) is 0 Å². The molecule has 0 bridgehead atoms. The Balaban J connectivity index is 3.69. The Morgan fingerprint density at radius 3 is 2.44 bits per heavy atom. The van der Waals surface area contributed by atoms with Gasteiger partial charge in [-0.3, -0.25) is 4.79 Å². The van der Waals surface area contributed by atoms with Crippen LogP contribution in [0.1, 0.15) is 20.3 Å². The van der Waals surface area contributed by atoms with Gasteiger partial charge in [0.25, 0.3) is 0 Å². The number of hydrogen-bond donors (Lipinski definition) is 1. The van der Waals surface area contributed by atoms with Gasteiger partial charge in [0, 0.05) is 0 Å². The molecule has 0 atom stereocenters. The lowest BCUT2D eigenvalue weighted by molar-refractivity contribution is -0.112. The molecule has 2 N–H and O–H groups in total. The van der Waals surface area contributed by atoms with Gasteiger partial charge in [-0.2, -0.15) is 0 Å². The van der Waals surface area contributed by atoms with Gasteiger partial charge in [-0.1, -0.05) is 5.57 Å². The predicted molar refractivity (Wildman–Crippen MR) is 38.1 cm³/mol. The molecule has 0 rings (SSSR count). The molecule has 0 amide bonds. The van der Waals surface area contributed by atoms with Crippen LogP contribution in [0.25, 0.3) is 0 Å². The first kappa shape index (κ1) is 8.37. The Morgan fingerprint density at radius 1 is 1.56 bits per heavy atom. The summed E-state index contributed by atoms with van der Waals surface area (Å²) >= 11 is 0. The van der Waals surface area contributed by atoms with Crippen molar-refractivity contribution in [2.45, 2.75) is 20.3 Å². The van der Waals surface area contributed by atoms with Crippen LogP contribution in [0.4, 0.5) is 0 Å². The van der Waals surface area contributed by atoms with Gasteiger partial charge in [-0.15, -0.1) is 0 Å². The maximum absolute atomic E-state index is 10.4. The Hall–Kier alpha value is -0.630. The largest absolute Gasteiger partial charge is 0.330 e. The molecule has 2 heteroatoms. The summed E-state index contributed by atoms with van der Waals surface area (Å²) in [7, 11) is 0. The molecule has 0 saturated carbocycles. The van der Waals surface area contributed by atoms with Crippen molar-refractivity contribution in [1.82, 2.24) is 0 Å². The van der Waals surface area contributed by atoms with Crippen LogP contribution in [0, 0.1) is 0 Å². The normalized spacial score (nSPS) is 11.7. The third-order valence-electron chi connectivity index (χ3n) is 0.988. The fourth-order valence-electron chi connectivity index (χ4n) is 0.647. The van der Waals surface area contributed by atoms with Crippen molar-refractivity contribution in [3.63, 3.8) is 0 Å². The number of carbonyl (C=O) groups excluding carboxylic acids is 1. The maximum atomic E-state index is 10.4. The van der Waals surface area contributed by atoms with E-state index in [0.29, 0.717) is 6.54 Å². The van der Waals surface area contributed by atoms with Crippen molar-refractivity contribution in [3.8, 4) is 0 Å². The summed E-state index contributed by atoms with van der Waals surface area (Å²) in [5.41, 5.74) is 6.31. The Kier molecular flexibility index (Phi) is 3.97. The van der Waals surface area contributed by atoms with Crippen molar-refractivity contribution >= 4 is 5.78 Å². The summed E-state index contributed by atoms with van der Waals surface area (Å²) in [6.45, 7) is 4.07. The lowest BCUT2D eigenvalue weighted by atomic mass is 10.2. The molecule has 2 nitrogen and oxygen atoms in total. The molecule has 52 valence electrons. The van der Waals surface area contributed by atoms with Gasteiger partial charge in [0.15, 0.2) is 5.78 Å². The topological polar surface area (TPSA) is 43.1 Å². The highest BCUT2D eigenvalue weighted by molar-refractivity contribution is 5.87. The molecule has 0 spiro atoms. The molecule has 0 saturated heterocycles. The predicted octanol–water partition coefficient (Wildman–Crippen LogP) is 0.871. The third kappa shape index (κ3) is 5.24. The second-order valence-corrected chi connectivity index (χ2v) is 2.14. The smallest absolute Gasteiger partial charge is 0.152 e. The molecular formula is C7H13NO. The lowest BCUT2D eigenvalue weighted by Crippen LogP contribution is -1.99. The zero-order chi connectivity index (χ0) is 7.28. The second kappa shape index (κ2) is 4.27. The van der Waals surface area contributed by atoms with Crippen LogP contribution in [0.5, 0.6) is 0 Å². The molecule has 0 aliphatic carbocycles. The summed E-state index contributed by atoms with van der Waals surface area (Å²) in [4.78, 5) is 10.4. The molecule has 0 aliphatic heterocycles. The Bertz CT molecular complexity index is 127. The van der Waals surface area contributed by atoms with E-state index >= 15 is 0 Å². The standard InChI is InChI=1S/C7H13NO/c1-6(3-4-8)5-7(2)9/h5H,3-4,8H2,1-2H3/b6-5-. The first-order chi connectivity index (χ1) is 4.16. The molecule has 0 aliphatic rings. The van der Waals surface area contributed by atoms with Crippen molar-refractivity contribution in [3.05, 3.63) is 11.6 Å². The van der Waals surface area contributed by atoms with Crippen molar-refractivity contribution in [2.24, 2.45) is 5.73 Å². The molecule has 9 heavy (non-hydrogen) atoms. The van der Waals surface area contributed by atoms with Crippen LogP contribution in [0.3, 0.4) is 0 Å². The minimum Gasteiger partial charge on any atom is -0.330 e. The highest BCUT2D eigenvalue weighted by Gasteiger charge is 1.88. The number of carbonyl (C=O) groups is 1. The van der Waals surface area contributed by atoms with Gasteiger partial charge in [-0.05, 0) is 32.9 Å². The third-order valence-corrected chi connectivity index (χ3v) is 0.988. The average molecular weight is 127 g/mol. The van der Waals surface area contributed by atoms with Crippen molar-refractivity contribution in [2.75, 3.05) is 6.54 Å². The molecule has 0 aromatic heterocycles. The van der Waals surface area contributed by atoms with Gasteiger partial charge in [0.1, 0.15) is 0 Å². The first-order valence-corrected chi connectivity index (χ1v) is 3.04. The highest BCUT2D eigenvalue weighted by atomic mass is 16.1. The molecule has 0 aromatic rings. The molecule has 0 radical (unpaired) electrons. The van der Waals surface area contributed by atoms with E-state index in [-0.39, 0.29) is 5.78 Å². The number of rotatable bonds is 3. The van der Waals surface area contributed by atoms with Gasteiger partial charge >= 0.3 is 0 Å². The fraction of sp³-hybridized carbons (Fsp3) is 0.571. The average Bonchev–Trinajstić information content (AvgIpc) is 1.63. The summed E-state index contributed by atoms with van der Waals surface area (Å²) in [6.07, 6.45) is 2.44. The van der Waals surface area contributed by atoms with Gasteiger partial charge in [0.2, 0.25) is 0 Å². The molecule has 0 aromatic carbocycles. The first-order valence-electron chi connectivity index (χ1n) is 3.04. The number of allylic oxidation sites excluding steroid dienone is 1. The molecule has 0 fully saturated rings. The monoisotopic (exact) mass is 127 g/mol. The van der Waals surface area contributed by atoms with Crippen LogP contribution in [0.2, 0.25) is 0 Å². The second-order valence-electron chi connectivity index (χ2n) is 2.14. The molecular weight excluding hydrogens is 114 g/mol. The van der Waals surface area contributed by atoms with E-state index in [2.05, 4.69) is 0 Å².